The maximum atomic E-state index is 14.6. The van der Waals surface area contributed by atoms with E-state index in [4.69, 9.17) is 5.73 Å². The van der Waals surface area contributed by atoms with Crippen LogP contribution >= 0.6 is 0 Å². The summed E-state index contributed by atoms with van der Waals surface area (Å²) in [5.74, 6) is 0. The fourth-order valence-corrected chi connectivity index (χ4v) is 3.22. The molecule has 4 heteroatoms. The van der Waals surface area contributed by atoms with Gasteiger partial charge in [-0.3, -0.25) is 0 Å². The summed E-state index contributed by atoms with van der Waals surface area (Å²) >= 11 is 0. The van der Waals surface area contributed by atoms with Gasteiger partial charge in [-0.1, -0.05) is 72.3 Å². The van der Waals surface area contributed by atoms with Crippen LogP contribution in [0.4, 0.5) is 18.9 Å². The van der Waals surface area contributed by atoms with Crippen LogP contribution in [0.15, 0.2) is 78.9 Å². The van der Waals surface area contributed by atoms with E-state index >= 15 is 0 Å². The van der Waals surface area contributed by atoms with Gasteiger partial charge >= 0.3 is 6.18 Å². The lowest BCUT2D eigenvalue weighted by atomic mass is 9.68. The van der Waals surface area contributed by atoms with Gasteiger partial charge in [0.05, 0.1) is 0 Å². The van der Waals surface area contributed by atoms with Crippen LogP contribution in [0.3, 0.4) is 0 Å². The van der Waals surface area contributed by atoms with Gasteiger partial charge in [0.2, 0.25) is 0 Å². The quantitative estimate of drug-likeness (QED) is 0.496. The van der Waals surface area contributed by atoms with Crippen molar-refractivity contribution in [2.45, 2.75) is 18.5 Å². The van der Waals surface area contributed by atoms with E-state index in [1.54, 1.807) is 42.5 Å². The van der Waals surface area contributed by atoms with Crippen LogP contribution in [0.25, 0.3) is 0 Å². The van der Waals surface area contributed by atoms with Crippen molar-refractivity contribution in [1.82, 2.24) is 0 Å². The Balaban J connectivity index is 2.40. The van der Waals surface area contributed by atoms with Gasteiger partial charge in [0.1, 0.15) is 5.41 Å². The van der Waals surface area contributed by atoms with Crippen LogP contribution in [-0.2, 0) is 5.41 Å². The molecule has 0 saturated carbocycles. The highest BCUT2D eigenvalue weighted by molar-refractivity contribution is 5.55. The number of alkyl halides is 3. The molecule has 25 heavy (non-hydrogen) atoms. The fraction of sp³-hybridized carbons (Fsp3) is 0.143. The number of aryl methyl sites for hydroxylation is 1. The lowest BCUT2D eigenvalue weighted by molar-refractivity contribution is -0.166. The standard InChI is InChI=1S/C21H18F3N/c1-15-7-9-17(10-8-15)20(21(22,23)24,16-5-3-2-4-6-16)18-11-13-19(25)14-12-18/h2-14H,25H2,1H3. The molecule has 128 valence electrons. The third-order valence-corrected chi connectivity index (χ3v) is 4.46. The smallest absolute Gasteiger partial charge is 0.399 e. The second-order valence-electron chi connectivity index (χ2n) is 6.10. The first-order chi connectivity index (χ1) is 11.9. The molecule has 1 atom stereocenters. The van der Waals surface area contributed by atoms with Crippen molar-refractivity contribution >= 4 is 5.69 Å². The van der Waals surface area contributed by atoms with E-state index in [9.17, 15) is 13.2 Å². The number of nitrogens with two attached hydrogens (primary N) is 1. The van der Waals surface area contributed by atoms with Gasteiger partial charge in [0, 0.05) is 5.69 Å². The van der Waals surface area contributed by atoms with E-state index in [0.29, 0.717) is 5.69 Å². The third kappa shape index (κ3) is 2.88. The molecule has 3 rings (SSSR count). The Labute approximate surface area is 144 Å². The summed E-state index contributed by atoms with van der Waals surface area (Å²) in [6.45, 7) is 1.85. The predicted octanol–water partition coefficient (Wildman–Crippen LogP) is 5.47. The lowest BCUT2D eigenvalue weighted by Gasteiger charge is -2.37. The number of hydrogen-bond donors (Lipinski definition) is 1. The van der Waals surface area contributed by atoms with Crippen LogP contribution < -0.4 is 5.73 Å². The molecule has 0 bridgehead atoms. The van der Waals surface area contributed by atoms with E-state index < -0.39 is 11.6 Å². The molecule has 0 aliphatic rings. The monoisotopic (exact) mass is 341 g/mol. The molecule has 0 amide bonds. The van der Waals surface area contributed by atoms with Gasteiger partial charge in [-0.25, -0.2) is 0 Å². The maximum absolute atomic E-state index is 14.6. The summed E-state index contributed by atoms with van der Waals surface area (Å²) in [6, 6.07) is 20.4. The molecule has 0 spiro atoms. The van der Waals surface area contributed by atoms with Crippen molar-refractivity contribution in [3.05, 3.63) is 101 Å². The minimum Gasteiger partial charge on any atom is -0.399 e. The van der Waals surface area contributed by atoms with Crippen molar-refractivity contribution in [3.8, 4) is 0 Å². The number of nitrogen functional groups attached to an aromatic ring is 1. The summed E-state index contributed by atoms with van der Waals surface area (Å²) in [6.07, 6.45) is -4.53. The van der Waals surface area contributed by atoms with Gasteiger partial charge in [-0.05, 0) is 35.7 Å². The highest BCUT2D eigenvalue weighted by atomic mass is 19.4. The molecule has 0 heterocycles. The number of rotatable bonds is 3. The van der Waals surface area contributed by atoms with Crippen LogP contribution in [0, 0.1) is 6.92 Å². The normalized spacial score (nSPS) is 14.1. The molecule has 0 aromatic heterocycles. The van der Waals surface area contributed by atoms with Crippen molar-refractivity contribution in [2.75, 3.05) is 5.73 Å². The van der Waals surface area contributed by atoms with Crippen LogP contribution in [0.5, 0.6) is 0 Å². The second kappa shape index (κ2) is 6.28. The fourth-order valence-electron chi connectivity index (χ4n) is 3.22. The first kappa shape index (κ1) is 17.1. The minimum absolute atomic E-state index is 0.143. The lowest BCUT2D eigenvalue weighted by Crippen LogP contribution is -2.44. The Kier molecular flexibility index (Phi) is 4.29. The van der Waals surface area contributed by atoms with Gasteiger partial charge < -0.3 is 5.73 Å². The van der Waals surface area contributed by atoms with E-state index in [-0.39, 0.29) is 16.7 Å². The SMILES string of the molecule is Cc1ccc(C(c2ccccc2)(c2ccc(N)cc2)C(F)(F)F)cc1. The number of hydrogen-bond acceptors (Lipinski definition) is 1. The van der Waals surface area contributed by atoms with Crippen molar-refractivity contribution < 1.29 is 13.2 Å². The first-order valence-electron chi connectivity index (χ1n) is 7.91. The highest BCUT2D eigenvalue weighted by Crippen LogP contribution is 2.51. The largest absolute Gasteiger partial charge is 0.406 e. The average Bonchev–Trinajstić information content (AvgIpc) is 2.58. The number of anilines is 1. The molecule has 3 aromatic rings. The summed E-state index contributed by atoms with van der Waals surface area (Å²) in [7, 11) is 0. The molecule has 1 nitrogen and oxygen atoms in total. The molecule has 0 fully saturated rings. The molecule has 0 aliphatic heterocycles. The molecule has 0 aliphatic carbocycles. The van der Waals surface area contributed by atoms with Crippen LogP contribution in [-0.4, -0.2) is 6.18 Å². The highest BCUT2D eigenvalue weighted by Gasteiger charge is 2.58. The summed E-state index contributed by atoms with van der Waals surface area (Å²) in [4.78, 5) is 0. The van der Waals surface area contributed by atoms with Gasteiger partial charge in [-0.15, -0.1) is 0 Å². The Morgan fingerprint density at radius 1 is 0.640 bits per heavy atom. The van der Waals surface area contributed by atoms with E-state index in [1.165, 1.54) is 36.4 Å². The molecule has 3 aromatic carbocycles. The Morgan fingerprint density at radius 3 is 1.56 bits per heavy atom. The second-order valence-corrected chi connectivity index (χ2v) is 6.10. The number of benzene rings is 3. The van der Waals surface area contributed by atoms with E-state index in [0.717, 1.165) is 5.56 Å². The Bertz CT molecular complexity index is 790. The maximum Gasteiger partial charge on any atom is 0.406 e. The van der Waals surface area contributed by atoms with Crippen LogP contribution in [0.1, 0.15) is 22.3 Å². The van der Waals surface area contributed by atoms with E-state index in [2.05, 4.69) is 0 Å². The van der Waals surface area contributed by atoms with Gasteiger partial charge in [0.15, 0.2) is 0 Å². The summed E-state index contributed by atoms with van der Waals surface area (Å²) in [5.41, 5.74) is 5.28. The summed E-state index contributed by atoms with van der Waals surface area (Å²) in [5, 5.41) is 0. The topological polar surface area (TPSA) is 26.0 Å². The Morgan fingerprint density at radius 2 is 1.08 bits per heavy atom. The third-order valence-electron chi connectivity index (χ3n) is 4.46. The van der Waals surface area contributed by atoms with Crippen LogP contribution in [0.2, 0.25) is 0 Å². The zero-order valence-electron chi connectivity index (χ0n) is 13.7. The first-order valence-corrected chi connectivity index (χ1v) is 7.91. The van der Waals surface area contributed by atoms with Gasteiger partial charge in [0.25, 0.3) is 0 Å². The zero-order chi connectivity index (χ0) is 18.1. The molecular formula is C21H18F3N. The molecule has 0 saturated heterocycles. The average molecular weight is 341 g/mol. The van der Waals surface area contributed by atoms with Crippen molar-refractivity contribution in [1.29, 1.82) is 0 Å². The predicted molar refractivity (Wildman–Crippen MR) is 94.4 cm³/mol. The van der Waals surface area contributed by atoms with Crippen molar-refractivity contribution in [3.63, 3.8) is 0 Å². The Hall–Kier alpha value is -2.75. The van der Waals surface area contributed by atoms with Crippen molar-refractivity contribution in [2.24, 2.45) is 0 Å². The minimum atomic E-state index is -4.53. The molecular weight excluding hydrogens is 323 g/mol. The van der Waals surface area contributed by atoms with E-state index in [1.807, 2.05) is 6.92 Å². The zero-order valence-corrected chi connectivity index (χ0v) is 13.7. The number of halogens is 3. The van der Waals surface area contributed by atoms with Gasteiger partial charge in [-0.2, -0.15) is 13.2 Å². The molecule has 2 N–H and O–H groups in total. The summed E-state index contributed by atoms with van der Waals surface area (Å²) < 4.78 is 43.8. The molecule has 0 radical (unpaired) electrons. The molecule has 1 unspecified atom stereocenters.